The Morgan fingerprint density at radius 3 is 1.70 bits per heavy atom. The number of fused-ring (bicyclic) bond motifs is 6. The number of aromatic amines is 1. The molecule has 9 aromatic rings. The van der Waals surface area contributed by atoms with Crippen LogP contribution in [0.15, 0.2) is 194 Å². The van der Waals surface area contributed by atoms with Gasteiger partial charge in [0.15, 0.2) is 0 Å². The molecule has 8 aromatic carbocycles. The summed E-state index contributed by atoms with van der Waals surface area (Å²) in [5.74, 6) is 0. The fraction of sp³-hybridized carbons (Fsp3) is 0.0769. The average Bonchev–Trinajstić information content (AvgIpc) is 3.73. The highest BCUT2D eigenvalue weighted by Gasteiger charge is 2.44. The number of hydrogen-bond donors (Lipinski definition) is 1. The third-order valence-corrected chi connectivity index (χ3v) is 11.5. The number of hydrogen-bond acceptors (Lipinski definition) is 1. The molecule has 54 heavy (non-hydrogen) atoms. The molecule has 0 bridgehead atoms. The lowest BCUT2D eigenvalue weighted by Crippen LogP contribution is -2.31. The summed E-state index contributed by atoms with van der Waals surface area (Å²) in [6, 6.07) is 71.6. The Morgan fingerprint density at radius 1 is 0.444 bits per heavy atom. The predicted octanol–water partition coefficient (Wildman–Crippen LogP) is 13.5. The van der Waals surface area contributed by atoms with Crippen molar-refractivity contribution in [1.29, 1.82) is 0 Å². The monoisotopic (exact) mass is 692 g/mol. The van der Waals surface area contributed by atoms with E-state index in [2.05, 4.69) is 211 Å². The molecule has 2 heteroatoms. The number of H-pyrrole nitrogens is 1. The summed E-state index contributed by atoms with van der Waals surface area (Å²) in [6.45, 7) is 2.15. The molecule has 258 valence electrons. The van der Waals surface area contributed by atoms with E-state index in [9.17, 15) is 0 Å². The minimum Gasteiger partial charge on any atom is -0.354 e. The first-order chi connectivity index (χ1) is 26.6. The Hall–Kier alpha value is -6.64. The highest BCUT2D eigenvalue weighted by molar-refractivity contribution is 6.12. The third kappa shape index (κ3) is 5.42. The molecule has 0 radical (unpaired) electrons. The molecule has 1 N–H and O–H groups in total. The first-order valence-electron chi connectivity index (χ1n) is 18.9. The topological polar surface area (TPSA) is 19.0 Å². The van der Waals surface area contributed by atoms with Gasteiger partial charge in [0.25, 0.3) is 0 Å². The number of rotatable bonds is 8. The molecule has 0 aliphatic heterocycles. The molecule has 0 saturated carbocycles. The zero-order valence-corrected chi connectivity index (χ0v) is 30.3. The van der Waals surface area contributed by atoms with Gasteiger partial charge in [-0.05, 0) is 107 Å². The maximum atomic E-state index is 3.78. The van der Waals surface area contributed by atoms with Crippen molar-refractivity contribution in [2.24, 2.45) is 0 Å². The van der Waals surface area contributed by atoms with Gasteiger partial charge in [-0.3, -0.25) is 0 Å². The van der Waals surface area contributed by atoms with Gasteiger partial charge in [-0.15, -0.1) is 0 Å². The summed E-state index contributed by atoms with van der Waals surface area (Å²) in [6.07, 6.45) is 1.75. The standard InChI is InChI=1S/C52H40N2/c1-36-24-27-41(28-25-36)54(40-18-9-4-10-19-40)42-29-31-45-44-30-26-39(43-21-13-22-47-46-20-11-12-23-50(46)53-51(43)47)32-48(44)52(49(45)33-42,34-37-14-5-2-6-15-37)35-38-16-7-3-8-17-38/h2-33,53H,34-35H2,1H3. The Bertz CT molecular complexity index is 2720. The Morgan fingerprint density at radius 2 is 1.00 bits per heavy atom. The molecule has 0 fully saturated rings. The SMILES string of the molecule is Cc1ccc(N(c2ccccc2)c2ccc3c(c2)C(Cc2ccccc2)(Cc2ccccc2)c2cc(-c4cccc5c4[nH]c4ccccc45)ccc2-3)cc1. The van der Waals surface area contributed by atoms with Crippen LogP contribution < -0.4 is 4.90 Å². The number of anilines is 3. The van der Waals surface area contributed by atoms with E-state index >= 15 is 0 Å². The van der Waals surface area contributed by atoms with E-state index in [-0.39, 0.29) is 5.41 Å². The second kappa shape index (κ2) is 13.1. The van der Waals surface area contributed by atoms with Gasteiger partial charge in [-0.25, -0.2) is 0 Å². The van der Waals surface area contributed by atoms with Gasteiger partial charge >= 0.3 is 0 Å². The second-order valence-corrected chi connectivity index (χ2v) is 14.8. The molecule has 1 heterocycles. The van der Waals surface area contributed by atoms with Crippen molar-refractivity contribution in [2.75, 3.05) is 4.90 Å². The van der Waals surface area contributed by atoms with E-state index < -0.39 is 0 Å². The lowest BCUT2D eigenvalue weighted by Gasteiger charge is -2.34. The molecule has 1 aromatic heterocycles. The van der Waals surface area contributed by atoms with E-state index in [4.69, 9.17) is 0 Å². The number of nitrogens with zero attached hydrogens (tertiary/aromatic N) is 1. The van der Waals surface area contributed by atoms with Crippen LogP contribution in [0, 0.1) is 6.92 Å². The fourth-order valence-corrected chi connectivity index (χ4v) is 8.95. The zero-order chi connectivity index (χ0) is 36.1. The second-order valence-electron chi connectivity index (χ2n) is 14.8. The van der Waals surface area contributed by atoms with E-state index in [0.717, 1.165) is 29.9 Å². The maximum Gasteiger partial charge on any atom is 0.0544 e. The van der Waals surface area contributed by atoms with Crippen molar-refractivity contribution in [2.45, 2.75) is 25.2 Å². The van der Waals surface area contributed by atoms with Crippen LogP contribution in [0.5, 0.6) is 0 Å². The molecule has 0 unspecified atom stereocenters. The van der Waals surface area contributed by atoms with Gasteiger partial charge in [-0.2, -0.15) is 0 Å². The van der Waals surface area contributed by atoms with E-state index in [1.807, 2.05) is 0 Å². The van der Waals surface area contributed by atoms with Gasteiger partial charge in [0, 0.05) is 44.3 Å². The van der Waals surface area contributed by atoms with Crippen LogP contribution in [-0.2, 0) is 18.3 Å². The average molecular weight is 693 g/mol. The predicted molar refractivity (Wildman–Crippen MR) is 227 cm³/mol. The largest absolute Gasteiger partial charge is 0.354 e. The Labute approximate surface area is 317 Å². The maximum absolute atomic E-state index is 3.78. The number of aromatic nitrogens is 1. The van der Waals surface area contributed by atoms with Crippen LogP contribution in [-0.4, -0.2) is 4.98 Å². The first kappa shape index (κ1) is 32.0. The lowest BCUT2D eigenvalue weighted by molar-refractivity contribution is 0.520. The summed E-state index contributed by atoms with van der Waals surface area (Å²) in [4.78, 5) is 6.18. The van der Waals surface area contributed by atoms with Crippen molar-refractivity contribution < 1.29 is 0 Å². The summed E-state index contributed by atoms with van der Waals surface area (Å²) < 4.78 is 0. The quantitative estimate of drug-likeness (QED) is 0.168. The summed E-state index contributed by atoms with van der Waals surface area (Å²) in [5, 5.41) is 2.52. The molecule has 0 saturated heterocycles. The van der Waals surface area contributed by atoms with Gasteiger partial charge in [0.05, 0.1) is 5.52 Å². The zero-order valence-electron chi connectivity index (χ0n) is 30.3. The van der Waals surface area contributed by atoms with E-state index in [1.165, 1.54) is 71.9 Å². The van der Waals surface area contributed by atoms with Crippen molar-refractivity contribution in [3.63, 3.8) is 0 Å². The summed E-state index contributed by atoms with van der Waals surface area (Å²) >= 11 is 0. The molecule has 2 nitrogen and oxygen atoms in total. The number of nitrogens with one attached hydrogen (secondary N) is 1. The number of benzene rings is 8. The molecule has 10 rings (SSSR count). The molecule has 0 atom stereocenters. The van der Waals surface area contributed by atoms with Crippen LogP contribution in [0.4, 0.5) is 17.1 Å². The summed E-state index contributed by atoms with van der Waals surface area (Å²) in [7, 11) is 0. The number of aryl methyl sites for hydroxylation is 1. The van der Waals surface area contributed by atoms with Crippen LogP contribution in [0.3, 0.4) is 0 Å². The van der Waals surface area contributed by atoms with E-state index in [1.54, 1.807) is 0 Å². The minimum absolute atomic E-state index is 0.330. The van der Waals surface area contributed by atoms with Crippen LogP contribution >= 0.6 is 0 Å². The first-order valence-corrected chi connectivity index (χ1v) is 18.9. The molecule has 1 aliphatic rings. The van der Waals surface area contributed by atoms with Crippen molar-refractivity contribution in [3.05, 3.63) is 222 Å². The molecular formula is C52H40N2. The van der Waals surface area contributed by atoms with Gasteiger partial charge < -0.3 is 9.88 Å². The Balaban J connectivity index is 1.22. The van der Waals surface area contributed by atoms with Gasteiger partial charge in [0.2, 0.25) is 0 Å². The fourth-order valence-electron chi connectivity index (χ4n) is 8.95. The Kier molecular flexibility index (Phi) is 7.77. The molecule has 0 spiro atoms. The molecular weight excluding hydrogens is 653 g/mol. The van der Waals surface area contributed by atoms with E-state index in [0.29, 0.717) is 0 Å². The lowest BCUT2D eigenvalue weighted by atomic mass is 9.69. The van der Waals surface area contributed by atoms with Crippen molar-refractivity contribution >= 4 is 38.9 Å². The normalized spacial score (nSPS) is 12.8. The van der Waals surface area contributed by atoms with Gasteiger partial charge in [-0.1, -0.05) is 151 Å². The van der Waals surface area contributed by atoms with Gasteiger partial charge in [0.1, 0.15) is 0 Å². The highest BCUT2D eigenvalue weighted by atomic mass is 15.1. The minimum atomic E-state index is -0.330. The third-order valence-electron chi connectivity index (χ3n) is 11.5. The van der Waals surface area contributed by atoms with Crippen molar-refractivity contribution in [1.82, 2.24) is 4.98 Å². The molecule has 0 amide bonds. The summed E-state index contributed by atoms with van der Waals surface area (Å²) in [5.41, 5.74) is 17.2. The number of para-hydroxylation sites is 3. The van der Waals surface area contributed by atoms with Crippen LogP contribution in [0.1, 0.15) is 27.8 Å². The van der Waals surface area contributed by atoms with Crippen LogP contribution in [0.2, 0.25) is 0 Å². The smallest absolute Gasteiger partial charge is 0.0544 e. The highest BCUT2D eigenvalue weighted by Crippen LogP contribution is 2.55. The van der Waals surface area contributed by atoms with Crippen molar-refractivity contribution in [3.8, 4) is 22.3 Å². The molecule has 1 aliphatic carbocycles. The van der Waals surface area contributed by atoms with Crippen LogP contribution in [0.25, 0.3) is 44.1 Å².